The van der Waals surface area contributed by atoms with E-state index in [-0.39, 0.29) is 49.6 Å². The van der Waals surface area contributed by atoms with E-state index in [2.05, 4.69) is 10.2 Å². The number of carbonyl (C=O) groups excluding carboxylic acids is 1. The number of hydrogen-bond acceptors (Lipinski definition) is 5. The monoisotopic (exact) mass is 489 g/mol. The fourth-order valence-corrected chi connectivity index (χ4v) is 5.14. The first-order valence-electron chi connectivity index (χ1n) is 11.2. The van der Waals surface area contributed by atoms with Gasteiger partial charge in [0.25, 0.3) is 0 Å². The molecule has 0 saturated heterocycles. The van der Waals surface area contributed by atoms with Crippen LogP contribution in [0.3, 0.4) is 0 Å². The minimum atomic E-state index is -4.62. The molecule has 2 aromatic rings. The number of benzene rings is 1. The number of carbonyl (C=O) groups is 1. The van der Waals surface area contributed by atoms with Crippen LogP contribution in [0.1, 0.15) is 55.7 Å². The number of halogens is 6. The summed E-state index contributed by atoms with van der Waals surface area (Å²) in [6.07, 6.45) is -1.37. The summed E-state index contributed by atoms with van der Waals surface area (Å²) in [5.74, 6) is -4.55. The molecule has 0 amide bonds. The Balaban J connectivity index is 1.52. The van der Waals surface area contributed by atoms with Gasteiger partial charge in [-0.15, -0.1) is 10.2 Å². The van der Waals surface area contributed by atoms with Gasteiger partial charge in [0.15, 0.2) is 17.4 Å². The molecule has 2 heterocycles. The number of fused-ring (bicyclic) bond motifs is 1. The molecule has 0 radical (unpaired) electrons. The zero-order valence-corrected chi connectivity index (χ0v) is 18.3. The molecular weight excluding hydrogens is 464 g/mol. The summed E-state index contributed by atoms with van der Waals surface area (Å²) in [4.78, 5) is 15.4. The van der Waals surface area contributed by atoms with Gasteiger partial charge in [-0.2, -0.15) is 13.2 Å². The van der Waals surface area contributed by atoms with Crippen molar-refractivity contribution in [1.82, 2.24) is 19.7 Å². The van der Waals surface area contributed by atoms with Crippen molar-refractivity contribution in [2.24, 2.45) is 5.73 Å². The van der Waals surface area contributed by atoms with Crippen LogP contribution in [0.15, 0.2) is 12.1 Å². The number of alkyl halides is 3. The third-order valence-corrected chi connectivity index (χ3v) is 6.83. The Morgan fingerprint density at radius 1 is 1.03 bits per heavy atom. The van der Waals surface area contributed by atoms with E-state index in [0.717, 1.165) is 29.9 Å². The molecule has 6 nitrogen and oxygen atoms in total. The zero-order chi connectivity index (χ0) is 24.7. The summed E-state index contributed by atoms with van der Waals surface area (Å²) in [5.41, 5.74) is 5.07. The Labute approximate surface area is 192 Å². The second kappa shape index (κ2) is 9.29. The van der Waals surface area contributed by atoms with Gasteiger partial charge >= 0.3 is 6.18 Å². The van der Waals surface area contributed by atoms with Crippen molar-refractivity contribution >= 4 is 5.78 Å². The number of nitrogens with two attached hydrogens (primary N) is 1. The Hall–Kier alpha value is -2.47. The highest BCUT2D eigenvalue weighted by Gasteiger charge is 2.47. The maximum absolute atomic E-state index is 14.0. The molecule has 34 heavy (non-hydrogen) atoms. The highest BCUT2D eigenvalue weighted by molar-refractivity contribution is 5.89. The molecule has 1 atom stereocenters. The van der Waals surface area contributed by atoms with Crippen molar-refractivity contribution < 1.29 is 31.1 Å². The summed E-state index contributed by atoms with van der Waals surface area (Å²) in [6.45, 7) is 0.257. The van der Waals surface area contributed by atoms with Crippen molar-refractivity contribution in [1.29, 1.82) is 0 Å². The topological polar surface area (TPSA) is 77.0 Å². The molecule has 1 aliphatic carbocycles. The summed E-state index contributed by atoms with van der Waals surface area (Å²) < 4.78 is 81.3. The molecule has 1 aromatic heterocycles. The quantitative estimate of drug-likeness (QED) is 0.494. The van der Waals surface area contributed by atoms with Crippen LogP contribution in [0.25, 0.3) is 0 Å². The summed E-state index contributed by atoms with van der Waals surface area (Å²) in [7, 11) is 0. The van der Waals surface area contributed by atoms with E-state index in [1.165, 1.54) is 0 Å². The van der Waals surface area contributed by atoms with Crippen LogP contribution >= 0.6 is 0 Å². The summed E-state index contributed by atoms with van der Waals surface area (Å²) >= 11 is 0. The van der Waals surface area contributed by atoms with Gasteiger partial charge in [-0.3, -0.25) is 9.69 Å². The Morgan fingerprint density at radius 2 is 1.71 bits per heavy atom. The highest BCUT2D eigenvalue weighted by Crippen LogP contribution is 2.39. The maximum atomic E-state index is 14.0. The van der Waals surface area contributed by atoms with Gasteiger partial charge in [-0.25, -0.2) is 13.2 Å². The average molecular weight is 489 g/mol. The number of hydrogen-bond donors (Lipinski definition) is 1. The van der Waals surface area contributed by atoms with Crippen LogP contribution in [0.4, 0.5) is 26.3 Å². The standard InChI is InChI=1S/C22H25F6N5O/c23-15-11-17(25)16(24)9-13(15)8-14(29)10-18(34)21(4-2-1-3-5-21)32-6-7-33-19(12-32)30-31-20(33)22(26,27)28/h9,11,14H,1-8,10,12,29H2/t14-/m1/s1. The van der Waals surface area contributed by atoms with Crippen molar-refractivity contribution in [2.75, 3.05) is 6.54 Å². The number of ketones is 1. The highest BCUT2D eigenvalue weighted by atomic mass is 19.4. The number of nitrogens with zero attached hydrogens (tertiary/aromatic N) is 4. The average Bonchev–Trinajstić information content (AvgIpc) is 3.22. The largest absolute Gasteiger partial charge is 0.451 e. The van der Waals surface area contributed by atoms with Gasteiger partial charge in [0, 0.05) is 31.6 Å². The molecule has 4 rings (SSSR count). The summed E-state index contributed by atoms with van der Waals surface area (Å²) in [5, 5.41) is 7.00. The molecule has 0 unspecified atom stereocenters. The Kier molecular flexibility index (Phi) is 6.74. The molecule has 2 aliphatic rings. The molecular formula is C22H25F6N5O. The minimum absolute atomic E-state index is 0.00166. The van der Waals surface area contributed by atoms with E-state index in [9.17, 15) is 31.1 Å². The molecule has 2 N–H and O–H groups in total. The lowest BCUT2D eigenvalue weighted by molar-refractivity contribution is -0.149. The van der Waals surface area contributed by atoms with Crippen LogP contribution in [0, 0.1) is 17.5 Å². The van der Waals surface area contributed by atoms with Crippen LogP contribution in [0.5, 0.6) is 0 Å². The first-order valence-corrected chi connectivity index (χ1v) is 11.2. The molecule has 1 aromatic carbocycles. The molecule has 1 saturated carbocycles. The second-order valence-corrected chi connectivity index (χ2v) is 9.05. The molecule has 0 spiro atoms. The van der Waals surface area contributed by atoms with E-state index in [1.807, 2.05) is 4.90 Å². The van der Waals surface area contributed by atoms with Crippen LogP contribution in [-0.4, -0.2) is 43.6 Å². The lowest BCUT2D eigenvalue weighted by Crippen LogP contribution is -2.58. The van der Waals surface area contributed by atoms with E-state index in [4.69, 9.17) is 5.73 Å². The zero-order valence-electron chi connectivity index (χ0n) is 18.3. The van der Waals surface area contributed by atoms with Gasteiger partial charge in [0.05, 0.1) is 12.1 Å². The lowest BCUT2D eigenvalue weighted by atomic mass is 9.75. The van der Waals surface area contributed by atoms with Gasteiger partial charge in [-0.1, -0.05) is 19.3 Å². The Morgan fingerprint density at radius 3 is 2.38 bits per heavy atom. The van der Waals surface area contributed by atoms with Crippen molar-refractivity contribution in [2.45, 2.75) is 75.8 Å². The smallest absolute Gasteiger partial charge is 0.327 e. The second-order valence-electron chi connectivity index (χ2n) is 9.05. The first-order chi connectivity index (χ1) is 16.0. The first kappa shape index (κ1) is 24.6. The molecule has 186 valence electrons. The SMILES string of the molecule is N[C@@H](CC(=O)C1(N2CCn3c(nnc3C(F)(F)F)C2)CCCCC1)Cc1cc(F)c(F)cc1F. The van der Waals surface area contributed by atoms with Crippen LogP contribution in [-0.2, 0) is 30.5 Å². The lowest BCUT2D eigenvalue weighted by Gasteiger charge is -2.47. The fraction of sp³-hybridized carbons (Fsp3) is 0.591. The summed E-state index contributed by atoms with van der Waals surface area (Å²) in [6, 6.07) is 0.345. The van der Waals surface area contributed by atoms with E-state index in [1.54, 1.807) is 0 Å². The predicted molar refractivity (Wildman–Crippen MR) is 109 cm³/mol. The van der Waals surface area contributed by atoms with Gasteiger partial charge in [0.1, 0.15) is 11.6 Å². The predicted octanol–water partition coefficient (Wildman–Crippen LogP) is 3.76. The molecule has 1 aliphatic heterocycles. The van der Waals surface area contributed by atoms with E-state index in [0.29, 0.717) is 18.9 Å². The molecule has 1 fully saturated rings. The molecule has 0 bridgehead atoms. The van der Waals surface area contributed by atoms with Gasteiger partial charge in [-0.05, 0) is 30.9 Å². The van der Waals surface area contributed by atoms with Gasteiger partial charge in [0.2, 0.25) is 5.82 Å². The third-order valence-electron chi connectivity index (χ3n) is 6.83. The van der Waals surface area contributed by atoms with Crippen LogP contribution in [0.2, 0.25) is 0 Å². The number of aromatic nitrogens is 3. The van der Waals surface area contributed by atoms with Crippen molar-refractivity contribution in [3.63, 3.8) is 0 Å². The third kappa shape index (κ3) is 4.70. The van der Waals surface area contributed by atoms with Crippen LogP contribution < -0.4 is 5.73 Å². The molecule has 12 heteroatoms. The maximum Gasteiger partial charge on any atom is 0.451 e. The Bertz CT molecular complexity index is 1060. The van der Waals surface area contributed by atoms with E-state index < -0.39 is 41.0 Å². The minimum Gasteiger partial charge on any atom is -0.327 e. The number of rotatable bonds is 6. The van der Waals surface area contributed by atoms with E-state index >= 15 is 0 Å². The fourth-order valence-electron chi connectivity index (χ4n) is 5.14. The van der Waals surface area contributed by atoms with Crippen molar-refractivity contribution in [3.8, 4) is 0 Å². The normalized spacial score (nSPS) is 19.6. The van der Waals surface area contributed by atoms with Gasteiger partial charge < -0.3 is 10.3 Å². The van der Waals surface area contributed by atoms with Crippen molar-refractivity contribution in [3.05, 3.63) is 46.8 Å². The number of Topliss-reactive ketones (excluding diaryl/α,β-unsaturated/α-hetero) is 1.